The van der Waals surface area contributed by atoms with E-state index in [2.05, 4.69) is 10.2 Å². The average molecular weight is 400 g/mol. The van der Waals surface area contributed by atoms with Crippen molar-refractivity contribution in [1.82, 2.24) is 10.2 Å². The van der Waals surface area contributed by atoms with Crippen molar-refractivity contribution in [2.24, 2.45) is 5.73 Å². The van der Waals surface area contributed by atoms with Crippen molar-refractivity contribution < 1.29 is 38.0 Å². The number of ether oxygens (including phenoxy) is 1. The van der Waals surface area contributed by atoms with Gasteiger partial charge in [-0.15, -0.1) is 0 Å². The summed E-state index contributed by atoms with van der Waals surface area (Å²) in [6.45, 7) is 1.41. The molecule has 1 aromatic carbocycles. The van der Waals surface area contributed by atoms with Crippen LogP contribution in [0.15, 0.2) is 12.3 Å². The van der Waals surface area contributed by atoms with E-state index >= 15 is 0 Å². The number of halogens is 4. The number of aromatic amines is 1. The number of nitrogens with two attached hydrogens (primary N) is 1. The molecule has 0 bridgehead atoms. The monoisotopic (exact) mass is 399 g/mol. The summed E-state index contributed by atoms with van der Waals surface area (Å²) in [5, 5.41) is 33.3. The number of aliphatic carboxylic acids is 1. The van der Waals surface area contributed by atoms with E-state index < -0.39 is 18.2 Å². The van der Waals surface area contributed by atoms with Gasteiger partial charge in [-0.2, -0.15) is 18.3 Å². The van der Waals surface area contributed by atoms with Crippen molar-refractivity contribution in [3.8, 4) is 5.75 Å². The van der Waals surface area contributed by atoms with Crippen molar-refractivity contribution in [2.75, 3.05) is 13.2 Å². The quantitative estimate of drug-likeness (QED) is 0.514. The van der Waals surface area contributed by atoms with E-state index in [4.69, 9.17) is 37.1 Å². The van der Waals surface area contributed by atoms with E-state index in [9.17, 15) is 18.3 Å². The summed E-state index contributed by atoms with van der Waals surface area (Å²) in [5.74, 6) is -2.26. The number of aromatic nitrogens is 2. The maximum atomic E-state index is 10.6. The van der Waals surface area contributed by atoms with Gasteiger partial charge in [0, 0.05) is 17.0 Å². The molecule has 0 saturated heterocycles. The zero-order valence-electron chi connectivity index (χ0n) is 13.4. The van der Waals surface area contributed by atoms with E-state index in [1.54, 1.807) is 12.3 Å². The molecule has 2 unspecified atom stereocenters. The number of carboxylic acid groups (broad SMARTS) is 1. The number of fused-ring (bicyclic) bond motifs is 1. The van der Waals surface area contributed by atoms with Crippen molar-refractivity contribution >= 4 is 28.5 Å². The van der Waals surface area contributed by atoms with Crippen molar-refractivity contribution in [1.29, 1.82) is 0 Å². The maximum absolute atomic E-state index is 10.6. The number of aliphatic hydroxyl groups is 2. The number of alkyl halides is 3. The predicted molar refractivity (Wildman–Crippen MR) is 86.0 cm³/mol. The van der Waals surface area contributed by atoms with Crippen LogP contribution in [0.5, 0.6) is 5.75 Å². The molecule has 0 radical (unpaired) electrons. The third-order valence-electron chi connectivity index (χ3n) is 3.03. The van der Waals surface area contributed by atoms with Crippen LogP contribution >= 0.6 is 11.6 Å². The lowest BCUT2D eigenvalue weighted by Gasteiger charge is -2.17. The predicted octanol–water partition coefficient (Wildman–Crippen LogP) is 1.60. The molecule has 12 heteroatoms. The summed E-state index contributed by atoms with van der Waals surface area (Å²) in [4.78, 5) is 8.90. The zero-order valence-corrected chi connectivity index (χ0v) is 14.2. The van der Waals surface area contributed by atoms with Gasteiger partial charge in [0.25, 0.3) is 0 Å². The number of benzene rings is 1. The van der Waals surface area contributed by atoms with Crippen LogP contribution in [0.2, 0.25) is 5.02 Å². The Bertz CT molecular complexity index is 751. The number of rotatable bonds is 5. The van der Waals surface area contributed by atoms with Crippen LogP contribution in [0.3, 0.4) is 0 Å². The highest BCUT2D eigenvalue weighted by molar-refractivity contribution is 6.35. The van der Waals surface area contributed by atoms with Gasteiger partial charge in [-0.05, 0) is 13.0 Å². The maximum Gasteiger partial charge on any atom is 0.490 e. The molecular weight excluding hydrogens is 383 g/mol. The summed E-state index contributed by atoms with van der Waals surface area (Å²) in [7, 11) is 0. The first-order valence-corrected chi connectivity index (χ1v) is 7.49. The van der Waals surface area contributed by atoms with Crippen molar-refractivity contribution in [2.45, 2.75) is 25.2 Å². The average Bonchev–Trinajstić information content (AvgIpc) is 3.03. The van der Waals surface area contributed by atoms with E-state index in [1.165, 1.54) is 0 Å². The summed E-state index contributed by atoms with van der Waals surface area (Å²) >= 11 is 6.15. The van der Waals surface area contributed by atoms with Crippen LogP contribution < -0.4 is 10.5 Å². The molecule has 0 saturated carbocycles. The number of aliphatic hydroxyl groups excluding tert-OH is 2. The summed E-state index contributed by atoms with van der Waals surface area (Å²) < 4.78 is 37.3. The lowest BCUT2D eigenvalue weighted by molar-refractivity contribution is -0.192. The molecule has 2 rings (SSSR count). The summed E-state index contributed by atoms with van der Waals surface area (Å²) in [5.41, 5.74) is 7.24. The highest BCUT2D eigenvalue weighted by atomic mass is 35.5. The number of carbonyl (C=O) groups is 1. The van der Waals surface area contributed by atoms with Crippen molar-refractivity contribution in [3.05, 3.63) is 22.8 Å². The van der Waals surface area contributed by atoms with E-state index in [0.717, 1.165) is 5.39 Å². The van der Waals surface area contributed by atoms with Crippen LogP contribution in [0, 0.1) is 0 Å². The number of hydrogen-bond donors (Lipinski definition) is 5. The molecule has 0 fully saturated rings. The fraction of sp³-hybridized carbons (Fsp3) is 0.429. The Labute approximate surface area is 150 Å². The van der Waals surface area contributed by atoms with Gasteiger partial charge in [0.05, 0.1) is 17.8 Å². The van der Waals surface area contributed by atoms with Crippen LogP contribution in [-0.2, 0) is 4.79 Å². The summed E-state index contributed by atoms with van der Waals surface area (Å²) in [6, 6.07) is 1.44. The number of H-pyrrole nitrogens is 1. The minimum absolute atomic E-state index is 0.0357. The van der Waals surface area contributed by atoms with Crippen LogP contribution in [0.25, 0.3) is 10.9 Å². The van der Waals surface area contributed by atoms with Crippen LogP contribution in [0.4, 0.5) is 13.2 Å². The third kappa shape index (κ3) is 5.73. The minimum atomic E-state index is -5.08. The standard InChI is InChI=1S/C12H16ClN3O3.C2HF3O2/c1-6(14)8-2-10(13)9-3-15-16-11(9)12(8)19-5-7(18)4-17;3-2(4,5)1(6)7/h2-3,6-7,17-18H,4-5,14H2,1H3,(H,15,16);(H,6,7). The first-order valence-electron chi connectivity index (χ1n) is 7.11. The van der Waals surface area contributed by atoms with Crippen LogP contribution in [-0.4, -0.2) is 57.0 Å². The highest BCUT2D eigenvalue weighted by Crippen LogP contribution is 2.36. The lowest BCUT2D eigenvalue weighted by atomic mass is 10.1. The van der Waals surface area contributed by atoms with Crippen LogP contribution in [0.1, 0.15) is 18.5 Å². The SMILES string of the molecule is CC(N)c1cc(Cl)c2cn[nH]c2c1OCC(O)CO.O=C(O)C(F)(F)F. The molecule has 0 aliphatic heterocycles. The molecule has 26 heavy (non-hydrogen) atoms. The van der Waals surface area contributed by atoms with E-state index in [1.807, 2.05) is 6.92 Å². The van der Waals surface area contributed by atoms with Gasteiger partial charge in [0.1, 0.15) is 24.0 Å². The Morgan fingerprint density at radius 1 is 1.50 bits per heavy atom. The molecule has 1 heterocycles. The van der Waals surface area contributed by atoms with E-state index in [0.29, 0.717) is 21.9 Å². The minimum Gasteiger partial charge on any atom is -0.488 e. The lowest BCUT2D eigenvalue weighted by Crippen LogP contribution is -2.22. The molecule has 1 aromatic heterocycles. The van der Waals surface area contributed by atoms with Gasteiger partial charge >= 0.3 is 12.1 Å². The topological polar surface area (TPSA) is 142 Å². The fourth-order valence-electron chi connectivity index (χ4n) is 1.79. The normalized spacial score (nSPS) is 13.7. The molecule has 2 aromatic rings. The summed E-state index contributed by atoms with van der Waals surface area (Å²) in [6.07, 6.45) is -4.44. The Hall–Kier alpha value is -2.08. The van der Waals surface area contributed by atoms with Gasteiger partial charge < -0.3 is 25.8 Å². The third-order valence-corrected chi connectivity index (χ3v) is 3.34. The number of hydrogen-bond acceptors (Lipinski definition) is 6. The molecular formula is C14H17ClF3N3O5. The Morgan fingerprint density at radius 3 is 2.54 bits per heavy atom. The smallest absolute Gasteiger partial charge is 0.488 e. The molecule has 0 aliphatic rings. The molecule has 6 N–H and O–H groups in total. The Morgan fingerprint density at radius 2 is 2.08 bits per heavy atom. The second-order valence-corrected chi connectivity index (χ2v) is 5.58. The molecule has 0 amide bonds. The zero-order chi connectivity index (χ0) is 20.1. The largest absolute Gasteiger partial charge is 0.490 e. The van der Waals surface area contributed by atoms with Gasteiger partial charge in [-0.1, -0.05) is 11.6 Å². The molecule has 0 spiro atoms. The van der Waals surface area contributed by atoms with Gasteiger partial charge in [-0.25, -0.2) is 4.79 Å². The molecule has 8 nitrogen and oxygen atoms in total. The molecule has 0 aliphatic carbocycles. The van der Waals surface area contributed by atoms with Gasteiger partial charge in [0.2, 0.25) is 0 Å². The highest BCUT2D eigenvalue weighted by Gasteiger charge is 2.38. The second-order valence-electron chi connectivity index (χ2n) is 5.17. The number of nitrogens with one attached hydrogen (secondary N) is 1. The number of carboxylic acids is 1. The first kappa shape index (κ1) is 22.0. The molecule has 146 valence electrons. The van der Waals surface area contributed by atoms with Gasteiger partial charge in [-0.3, -0.25) is 5.10 Å². The van der Waals surface area contributed by atoms with Gasteiger partial charge in [0.15, 0.2) is 0 Å². The fourth-order valence-corrected chi connectivity index (χ4v) is 2.05. The number of nitrogens with zero attached hydrogens (tertiary/aromatic N) is 1. The van der Waals surface area contributed by atoms with E-state index in [-0.39, 0.29) is 19.3 Å². The molecule has 2 atom stereocenters. The van der Waals surface area contributed by atoms with Crippen molar-refractivity contribution in [3.63, 3.8) is 0 Å². The Balaban J connectivity index is 0.000000412. The second kappa shape index (κ2) is 9.03. The first-order chi connectivity index (χ1) is 12.0. The Kier molecular flexibility index (Phi) is 7.63.